The average Bonchev–Trinajstić information content (AvgIpc) is 2.80. The lowest BCUT2D eigenvalue weighted by Gasteiger charge is -2.12. The summed E-state index contributed by atoms with van der Waals surface area (Å²) in [4.78, 5) is 15.0. The van der Waals surface area contributed by atoms with E-state index < -0.39 is 5.56 Å². The van der Waals surface area contributed by atoms with Gasteiger partial charge >= 0.3 is 0 Å². The molecule has 2 aromatic rings. The molecule has 1 aromatic heterocycles. The smallest absolute Gasteiger partial charge is 0.266 e. The SMILES string of the molecule is N#Cc1cc(-c2ccc(Cl)cc2)c(C2=CC=C(Cl)C=CC2)[nH]c1=O. The van der Waals surface area contributed by atoms with E-state index in [1.807, 2.05) is 36.4 Å². The number of nitrogens with zero attached hydrogens (tertiary/aromatic N) is 1. The summed E-state index contributed by atoms with van der Waals surface area (Å²) in [6.45, 7) is 0. The van der Waals surface area contributed by atoms with Crippen molar-refractivity contribution in [3.63, 3.8) is 0 Å². The Labute approximate surface area is 149 Å². The van der Waals surface area contributed by atoms with Gasteiger partial charge in [0.05, 0.1) is 5.69 Å². The Morgan fingerprint density at radius 2 is 1.88 bits per heavy atom. The molecule has 0 bridgehead atoms. The Morgan fingerprint density at radius 3 is 2.58 bits per heavy atom. The zero-order valence-electron chi connectivity index (χ0n) is 12.5. The van der Waals surface area contributed by atoms with Gasteiger partial charge in [0.2, 0.25) is 0 Å². The van der Waals surface area contributed by atoms with Crippen LogP contribution in [-0.2, 0) is 0 Å². The van der Waals surface area contributed by atoms with Crippen LogP contribution in [0.25, 0.3) is 16.7 Å². The van der Waals surface area contributed by atoms with Crippen molar-refractivity contribution in [2.75, 3.05) is 0 Å². The fourth-order valence-electron chi connectivity index (χ4n) is 2.51. The summed E-state index contributed by atoms with van der Waals surface area (Å²) in [6.07, 6.45) is 8.02. The zero-order chi connectivity index (χ0) is 17.1. The third-order valence-electron chi connectivity index (χ3n) is 3.70. The normalized spacial score (nSPS) is 13.7. The van der Waals surface area contributed by atoms with Crippen molar-refractivity contribution < 1.29 is 0 Å². The Bertz CT molecular complexity index is 974. The van der Waals surface area contributed by atoms with Crippen molar-refractivity contribution in [2.45, 2.75) is 6.42 Å². The Balaban J connectivity index is 2.23. The van der Waals surface area contributed by atoms with Gasteiger partial charge in [-0.25, -0.2) is 0 Å². The maximum atomic E-state index is 12.1. The first-order valence-electron chi connectivity index (χ1n) is 7.25. The van der Waals surface area contributed by atoms with Crippen molar-refractivity contribution in [3.05, 3.63) is 86.3 Å². The van der Waals surface area contributed by atoms with Crippen LogP contribution < -0.4 is 5.56 Å². The van der Waals surface area contributed by atoms with E-state index in [2.05, 4.69) is 4.98 Å². The second kappa shape index (κ2) is 6.92. The minimum absolute atomic E-state index is 0.0713. The number of hydrogen-bond acceptors (Lipinski definition) is 2. The van der Waals surface area contributed by atoms with E-state index in [1.54, 1.807) is 24.3 Å². The number of allylic oxidation sites excluding steroid dienone is 6. The van der Waals surface area contributed by atoms with Gasteiger partial charge in [-0.3, -0.25) is 4.79 Å². The van der Waals surface area contributed by atoms with Gasteiger partial charge in [0, 0.05) is 15.6 Å². The van der Waals surface area contributed by atoms with Crippen molar-refractivity contribution in [1.82, 2.24) is 4.98 Å². The van der Waals surface area contributed by atoms with Crippen LogP contribution in [0.1, 0.15) is 17.7 Å². The van der Waals surface area contributed by atoms with Crippen LogP contribution in [-0.4, -0.2) is 4.98 Å². The van der Waals surface area contributed by atoms with E-state index in [0.29, 0.717) is 22.2 Å². The van der Waals surface area contributed by atoms with Gasteiger partial charge < -0.3 is 4.98 Å². The number of H-pyrrole nitrogens is 1. The minimum atomic E-state index is -0.408. The summed E-state index contributed by atoms with van der Waals surface area (Å²) in [5, 5.41) is 10.4. The van der Waals surface area contributed by atoms with Crippen LogP contribution in [0.3, 0.4) is 0 Å². The number of nitriles is 1. The van der Waals surface area contributed by atoms with Crippen LogP contribution in [0.4, 0.5) is 0 Å². The van der Waals surface area contributed by atoms with Gasteiger partial charge in [0.15, 0.2) is 0 Å². The van der Waals surface area contributed by atoms with Crippen LogP contribution in [0.2, 0.25) is 5.02 Å². The Hall–Kier alpha value is -2.54. The molecule has 0 fully saturated rings. The first kappa shape index (κ1) is 16.3. The number of aromatic amines is 1. The third-order valence-corrected chi connectivity index (χ3v) is 4.20. The number of pyridine rings is 1. The quantitative estimate of drug-likeness (QED) is 0.821. The van der Waals surface area contributed by atoms with Crippen LogP contribution in [0, 0.1) is 11.3 Å². The van der Waals surface area contributed by atoms with Crippen molar-refractivity contribution in [1.29, 1.82) is 5.26 Å². The number of hydrogen-bond donors (Lipinski definition) is 1. The minimum Gasteiger partial charge on any atom is -0.321 e. The summed E-state index contributed by atoms with van der Waals surface area (Å²) < 4.78 is 0. The highest BCUT2D eigenvalue weighted by atomic mass is 35.5. The third kappa shape index (κ3) is 3.35. The molecule has 3 nitrogen and oxygen atoms in total. The number of aromatic nitrogens is 1. The first-order valence-corrected chi connectivity index (χ1v) is 8.00. The van der Waals surface area contributed by atoms with Gasteiger partial charge in [0.25, 0.3) is 5.56 Å². The molecule has 0 aliphatic heterocycles. The molecule has 1 aromatic carbocycles. The monoisotopic (exact) mass is 354 g/mol. The molecule has 0 saturated heterocycles. The van der Waals surface area contributed by atoms with Gasteiger partial charge in [-0.15, -0.1) is 0 Å². The average molecular weight is 355 g/mol. The lowest BCUT2D eigenvalue weighted by atomic mass is 9.96. The molecule has 0 atom stereocenters. The molecule has 3 rings (SSSR count). The molecule has 1 aliphatic rings. The molecule has 24 heavy (non-hydrogen) atoms. The summed E-state index contributed by atoms with van der Waals surface area (Å²) in [6, 6.07) is 10.8. The highest BCUT2D eigenvalue weighted by Crippen LogP contribution is 2.31. The van der Waals surface area contributed by atoms with E-state index in [-0.39, 0.29) is 5.56 Å². The van der Waals surface area contributed by atoms with Crippen molar-refractivity contribution >= 4 is 28.8 Å². The molecule has 1 aliphatic carbocycles. The molecule has 1 heterocycles. The van der Waals surface area contributed by atoms with Gasteiger partial charge in [-0.2, -0.15) is 5.26 Å². The van der Waals surface area contributed by atoms with Crippen molar-refractivity contribution in [2.24, 2.45) is 0 Å². The lowest BCUT2D eigenvalue weighted by molar-refractivity contribution is 1.16. The van der Waals surface area contributed by atoms with Crippen LogP contribution in [0.5, 0.6) is 0 Å². The van der Waals surface area contributed by atoms with E-state index in [9.17, 15) is 10.1 Å². The summed E-state index contributed by atoms with van der Waals surface area (Å²) in [5.41, 5.74) is 2.89. The molecular formula is C19H12Cl2N2O. The molecule has 5 heteroatoms. The van der Waals surface area contributed by atoms with Gasteiger partial charge in [-0.1, -0.05) is 47.5 Å². The second-order valence-corrected chi connectivity index (χ2v) is 6.14. The molecule has 0 spiro atoms. The van der Waals surface area contributed by atoms with E-state index in [1.165, 1.54) is 0 Å². The Kier molecular flexibility index (Phi) is 4.71. The van der Waals surface area contributed by atoms with Crippen LogP contribution >= 0.6 is 23.2 Å². The predicted octanol–water partition coefficient (Wildman–Crippen LogP) is 5.03. The highest BCUT2D eigenvalue weighted by Gasteiger charge is 2.14. The largest absolute Gasteiger partial charge is 0.321 e. The standard InChI is InChI=1S/C19H12Cl2N2O/c20-15-3-1-2-13(6-9-15)18-17(10-14(11-22)19(24)23-18)12-4-7-16(21)8-5-12/h1,3-10H,2H2,(H,23,24). The summed E-state index contributed by atoms with van der Waals surface area (Å²) in [5.74, 6) is 0. The predicted molar refractivity (Wildman–Crippen MR) is 97.9 cm³/mol. The number of halogens is 2. The topological polar surface area (TPSA) is 56.6 Å². The summed E-state index contributed by atoms with van der Waals surface area (Å²) >= 11 is 12.0. The fourth-order valence-corrected chi connectivity index (χ4v) is 2.79. The zero-order valence-corrected chi connectivity index (χ0v) is 14.0. The molecule has 0 unspecified atom stereocenters. The molecule has 0 radical (unpaired) electrons. The van der Waals surface area contributed by atoms with Gasteiger partial charge in [0.1, 0.15) is 11.6 Å². The molecule has 1 N–H and O–H groups in total. The summed E-state index contributed by atoms with van der Waals surface area (Å²) in [7, 11) is 0. The molecule has 118 valence electrons. The highest BCUT2D eigenvalue weighted by molar-refractivity contribution is 6.31. The molecule has 0 amide bonds. The van der Waals surface area contributed by atoms with E-state index in [4.69, 9.17) is 23.2 Å². The Morgan fingerprint density at radius 1 is 1.12 bits per heavy atom. The van der Waals surface area contributed by atoms with Crippen LogP contribution in [0.15, 0.2) is 64.5 Å². The fraction of sp³-hybridized carbons (Fsp3) is 0.0526. The second-order valence-electron chi connectivity index (χ2n) is 5.27. The lowest BCUT2D eigenvalue weighted by Crippen LogP contribution is -2.13. The first-order chi connectivity index (χ1) is 11.6. The van der Waals surface area contributed by atoms with E-state index >= 15 is 0 Å². The molecule has 0 saturated carbocycles. The maximum absolute atomic E-state index is 12.1. The van der Waals surface area contributed by atoms with Crippen molar-refractivity contribution in [3.8, 4) is 17.2 Å². The number of nitrogens with one attached hydrogen (secondary N) is 1. The van der Waals surface area contributed by atoms with Gasteiger partial charge in [-0.05, 0) is 47.9 Å². The number of rotatable bonds is 2. The maximum Gasteiger partial charge on any atom is 0.266 e. The number of benzene rings is 1. The molecular weight excluding hydrogens is 343 g/mol. The van der Waals surface area contributed by atoms with E-state index in [0.717, 1.165) is 16.7 Å².